The van der Waals surface area contributed by atoms with E-state index in [1.807, 2.05) is 19.9 Å². The van der Waals surface area contributed by atoms with Gasteiger partial charge in [-0.3, -0.25) is 10.1 Å². The fourth-order valence-electron chi connectivity index (χ4n) is 1.83. The predicted molar refractivity (Wildman–Crippen MR) is 99.8 cm³/mol. The van der Waals surface area contributed by atoms with Crippen molar-refractivity contribution < 1.29 is 9.53 Å². The molecule has 126 valence electrons. The first-order valence-corrected chi connectivity index (χ1v) is 8.27. The highest BCUT2D eigenvalue weighted by Gasteiger charge is 2.11. The Hall–Kier alpha value is -2.18. The lowest BCUT2D eigenvalue weighted by Gasteiger charge is -2.14. The highest BCUT2D eigenvalue weighted by molar-refractivity contribution is 7.80. The van der Waals surface area contributed by atoms with Gasteiger partial charge in [0, 0.05) is 11.8 Å². The molecule has 0 aliphatic rings. The predicted octanol–water partition coefficient (Wildman–Crippen LogP) is 4.04. The quantitative estimate of drug-likeness (QED) is 0.620. The Bertz CT molecular complexity index is 739. The summed E-state index contributed by atoms with van der Waals surface area (Å²) in [6.45, 7) is 4.01. The number of nitrogens with one attached hydrogen (secondary N) is 2. The number of pyridine rings is 1. The molecule has 0 radical (unpaired) electrons. The minimum absolute atomic E-state index is 0.0822. The number of benzene rings is 1. The minimum Gasteiger partial charge on any atom is -0.491 e. The molecule has 1 heterocycles. The smallest absolute Gasteiger partial charge is 0.257 e. The van der Waals surface area contributed by atoms with Crippen LogP contribution in [0.4, 0.5) is 5.69 Å². The van der Waals surface area contributed by atoms with Crippen molar-refractivity contribution >= 4 is 40.5 Å². The number of amides is 1. The summed E-state index contributed by atoms with van der Waals surface area (Å²) in [6.07, 6.45) is 2.53. The molecule has 0 saturated heterocycles. The number of carbonyl (C=O) groups is 1. The van der Waals surface area contributed by atoms with Crippen molar-refractivity contribution in [2.75, 3.05) is 5.32 Å². The van der Waals surface area contributed by atoms with E-state index in [4.69, 9.17) is 28.6 Å². The summed E-state index contributed by atoms with van der Waals surface area (Å²) in [6, 6.07) is 10.4. The molecule has 0 aliphatic heterocycles. The molecule has 1 aromatic carbocycles. The van der Waals surface area contributed by atoms with E-state index < -0.39 is 0 Å². The average Bonchev–Trinajstić information content (AvgIpc) is 2.57. The van der Waals surface area contributed by atoms with Gasteiger partial charge >= 0.3 is 0 Å². The molecule has 0 saturated carbocycles. The van der Waals surface area contributed by atoms with Gasteiger partial charge in [-0.1, -0.05) is 24.6 Å². The second kappa shape index (κ2) is 8.61. The van der Waals surface area contributed by atoms with E-state index in [9.17, 15) is 4.79 Å². The van der Waals surface area contributed by atoms with Gasteiger partial charge in [-0.2, -0.15) is 0 Å². The molecule has 7 heteroatoms. The maximum Gasteiger partial charge on any atom is 0.257 e. The van der Waals surface area contributed by atoms with Gasteiger partial charge in [-0.15, -0.1) is 0 Å². The Kier molecular flexibility index (Phi) is 6.52. The number of hydrogen-bond acceptors (Lipinski definition) is 4. The normalized spacial score (nSPS) is 11.5. The van der Waals surface area contributed by atoms with Crippen LogP contribution in [0.3, 0.4) is 0 Å². The number of rotatable bonds is 5. The van der Waals surface area contributed by atoms with E-state index in [0.717, 1.165) is 6.42 Å². The number of hydrogen-bond donors (Lipinski definition) is 2. The Labute approximate surface area is 151 Å². The van der Waals surface area contributed by atoms with E-state index in [0.29, 0.717) is 17.0 Å². The number of carbonyl (C=O) groups excluding carboxylic acids is 1. The van der Waals surface area contributed by atoms with E-state index in [1.54, 1.807) is 36.5 Å². The molecule has 0 fully saturated rings. The fraction of sp³-hybridized carbons (Fsp3) is 0.235. The van der Waals surface area contributed by atoms with Crippen LogP contribution in [0.5, 0.6) is 5.75 Å². The van der Waals surface area contributed by atoms with Crippen LogP contribution in [0.1, 0.15) is 30.6 Å². The highest BCUT2D eigenvalue weighted by Crippen LogP contribution is 2.18. The van der Waals surface area contributed by atoms with Crippen LogP contribution in [0.25, 0.3) is 0 Å². The molecular weight excluding hydrogens is 346 g/mol. The molecule has 0 bridgehead atoms. The van der Waals surface area contributed by atoms with Crippen molar-refractivity contribution in [3.63, 3.8) is 0 Å². The van der Waals surface area contributed by atoms with Crippen LogP contribution >= 0.6 is 23.8 Å². The zero-order valence-electron chi connectivity index (χ0n) is 13.4. The van der Waals surface area contributed by atoms with Gasteiger partial charge < -0.3 is 10.1 Å². The lowest BCUT2D eigenvalue weighted by molar-refractivity contribution is 0.0977. The van der Waals surface area contributed by atoms with Crippen LogP contribution in [0.15, 0.2) is 42.6 Å². The Morgan fingerprint density at radius 2 is 2.17 bits per heavy atom. The summed E-state index contributed by atoms with van der Waals surface area (Å²) in [5.74, 6) is 0.313. The number of nitrogens with zero attached hydrogens (tertiary/aromatic N) is 1. The number of ether oxygens (including phenoxy) is 1. The van der Waals surface area contributed by atoms with Gasteiger partial charge in [0.1, 0.15) is 5.75 Å². The monoisotopic (exact) mass is 363 g/mol. The minimum atomic E-state index is -0.331. The molecule has 1 atom stereocenters. The summed E-state index contributed by atoms with van der Waals surface area (Å²) in [7, 11) is 0. The average molecular weight is 364 g/mol. The molecule has 2 rings (SSSR count). The van der Waals surface area contributed by atoms with Crippen molar-refractivity contribution in [2.45, 2.75) is 26.4 Å². The van der Waals surface area contributed by atoms with Gasteiger partial charge in [0.2, 0.25) is 0 Å². The van der Waals surface area contributed by atoms with Crippen molar-refractivity contribution in [1.29, 1.82) is 0 Å². The maximum atomic E-state index is 12.3. The molecule has 1 unspecified atom stereocenters. The van der Waals surface area contributed by atoms with Gasteiger partial charge in [0.05, 0.1) is 11.8 Å². The summed E-state index contributed by atoms with van der Waals surface area (Å²) in [5.41, 5.74) is 0.982. The van der Waals surface area contributed by atoms with Crippen molar-refractivity contribution in [2.24, 2.45) is 0 Å². The zero-order valence-corrected chi connectivity index (χ0v) is 14.9. The van der Waals surface area contributed by atoms with E-state index >= 15 is 0 Å². The van der Waals surface area contributed by atoms with Crippen LogP contribution in [0, 0.1) is 0 Å². The number of anilines is 1. The first-order valence-electron chi connectivity index (χ1n) is 7.49. The lowest BCUT2D eigenvalue weighted by atomic mass is 10.2. The van der Waals surface area contributed by atoms with Crippen LogP contribution in [0.2, 0.25) is 5.15 Å². The lowest BCUT2D eigenvalue weighted by Crippen LogP contribution is -2.34. The largest absolute Gasteiger partial charge is 0.491 e. The van der Waals surface area contributed by atoms with Crippen LogP contribution in [-0.4, -0.2) is 22.1 Å². The zero-order chi connectivity index (χ0) is 17.5. The summed E-state index contributed by atoms with van der Waals surface area (Å²) >= 11 is 11.1. The van der Waals surface area contributed by atoms with Gasteiger partial charge in [0.25, 0.3) is 5.91 Å². The summed E-state index contributed by atoms with van der Waals surface area (Å²) in [4.78, 5) is 16.2. The molecule has 1 amide bonds. The third-order valence-electron chi connectivity index (χ3n) is 3.24. The number of thiocarbonyl (C=S) groups is 1. The Morgan fingerprint density at radius 3 is 2.88 bits per heavy atom. The molecular formula is C17H18ClN3O2S. The van der Waals surface area contributed by atoms with Crippen molar-refractivity contribution in [3.8, 4) is 5.75 Å². The summed E-state index contributed by atoms with van der Waals surface area (Å²) in [5, 5.41) is 5.86. The first-order chi connectivity index (χ1) is 11.5. The van der Waals surface area contributed by atoms with Gasteiger partial charge in [0.15, 0.2) is 10.3 Å². The van der Waals surface area contributed by atoms with Crippen molar-refractivity contribution in [1.82, 2.24) is 10.3 Å². The van der Waals surface area contributed by atoms with E-state index in [2.05, 4.69) is 15.6 Å². The topological polar surface area (TPSA) is 63.2 Å². The maximum absolute atomic E-state index is 12.3. The third kappa shape index (κ3) is 5.18. The number of halogens is 1. The van der Waals surface area contributed by atoms with Gasteiger partial charge in [-0.25, -0.2) is 4.98 Å². The molecule has 0 aliphatic carbocycles. The van der Waals surface area contributed by atoms with Crippen LogP contribution in [-0.2, 0) is 0 Å². The molecule has 24 heavy (non-hydrogen) atoms. The van der Waals surface area contributed by atoms with E-state index in [-0.39, 0.29) is 22.3 Å². The molecule has 5 nitrogen and oxygen atoms in total. The van der Waals surface area contributed by atoms with Crippen molar-refractivity contribution in [3.05, 3.63) is 53.3 Å². The molecule has 2 aromatic rings. The SMILES string of the molecule is CCC(C)Oc1cccc(C(=O)NC(=S)Nc2cccnc2Cl)c1. The highest BCUT2D eigenvalue weighted by atomic mass is 35.5. The summed E-state index contributed by atoms with van der Waals surface area (Å²) < 4.78 is 5.72. The van der Waals surface area contributed by atoms with E-state index in [1.165, 1.54) is 0 Å². The molecule has 0 spiro atoms. The Morgan fingerprint density at radius 1 is 1.38 bits per heavy atom. The molecule has 2 N–H and O–H groups in total. The molecule has 1 aromatic heterocycles. The standard InChI is InChI=1S/C17H18ClN3O2S/c1-3-11(2)23-13-7-4-6-12(10-13)16(22)21-17(24)20-14-8-5-9-19-15(14)18/h4-11H,3H2,1-2H3,(H2,20,21,22,24). The Balaban J connectivity index is 2.00. The second-order valence-electron chi connectivity index (χ2n) is 5.11. The first kappa shape index (κ1) is 18.2. The van der Waals surface area contributed by atoms with Gasteiger partial charge in [-0.05, 0) is 55.9 Å². The third-order valence-corrected chi connectivity index (χ3v) is 3.75. The number of aromatic nitrogens is 1. The van der Waals surface area contributed by atoms with Crippen LogP contribution < -0.4 is 15.4 Å². The second-order valence-corrected chi connectivity index (χ2v) is 5.88. The fourth-order valence-corrected chi connectivity index (χ4v) is 2.20.